The molecular weight excluding hydrogens is 424 g/mol. The van der Waals surface area contributed by atoms with Crippen LogP contribution in [0.25, 0.3) is 0 Å². The molecule has 1 aromatic heterocycles. The Balaban J connectivity index is 1.63. The van der Waals surface area contributed by atoms with Gasteiger partial charge in [0.2, 0.25) is 5.95 Å². The van der Waals surface area contributed by atoms with E-state index in [9.17, 15) is 9.50 Å². The zero-order valence-electron chi connectivity index (χ0n) is 16.8. The first-order chi connectivity index (χ1) is 14.5. The minimum atomic E-state index is -0.481. The normalized spacial score (nSPS) is 19.1. The maximum absolute atomic E-state index is 14.3. The van der Waals surface area contributed by atoms with Crippen LogP contribution >= 0.6 is 23.2 Å². The molecule has 1 aromatic carbocycles. The lowest BCUT2D eigenvalue weighted by molar-refractivity contribution is 0.131. The van der Waals surface area contributed by atoms with Gasteiger partial charge in [-0.25, -0.2) is 4.98 Å². The molecule has 0 saturated carbocycles. The van der Waals surface area contributed by atoms with Gasteiger partial charge in [0.25, 0.3) is 0 Å². The van der Waals surface area contributed by atoms with Crippen molar-refractivity contribution in [2.24, 2.45) is 0 Å². The molecule has 1 aliphatic carbocycles. The first-order valence-electron chi connectivity index (χ1n) is 10.1. The molecule has 0 amide bonds. The van der Waals surface area contributed by atoms with Crippen molar-refractivity contribution in [3.63, 3.8) is 0 Å². The van der Waals surface area contributed by atoms with Crippen LogP contribution in [0.2, 0.25) is 0 Å². The molecule has 1 saturated heterocycles. The van der Waals surface area contributed by atoms with Crippen molar-refractivity contribution in [3.8, 4) is 5.75 Å². The van der Waals surface area contributed by atoms with Gasteiger partial charge < -0.3 is 10.0 Å². The summed E-state index contributed by atoms with van der Waals surface area (Å²) in [5.74, 6) is -0.278. The van der Waals surface area contributed by atoms with E-state index in [-0.39, 0.29) is 11.8 Å². The highest BCUT2D eigenvalue weighted by Crippen LogP contribution is 2.38. The molecule has 0 radical (unpaired) electrons. The van der Waals surface area contributed by atoms with E-state index in [4.69, 9.17) is 23.2 Å². The van der Waals surface area contributed by atoms with E-state index in [2.05, 4.69) is 20.9 Å². The van der Waals surface area contributed by atoms with Gasteiger partial charge in [-0.3, -0.25) is 4.90 Å². The number of phenolic OH excluding ortho intramolecular Hbond substituents is 1. The summed E-state index contributed by atoms with van der Waals surface area (Å²) >= 11 is 12.7. The van der Waals surface area contributed by atoms with Gasteiger partial charge in [0.15, 0.2) is 0 Å². The number of halogens is 3. The number of aromatic nitrogens is 1. The molecule has 2 heterocycles. The van der Waals surface area contributed by atoms with Gasteiger partial charge in [-0.2, -0.15) is 4.39 Å². The number of aromatic hydroxyl groups is 1. The van der Waals surface area contributed by atoms with E-state index in [0.717, 1.165) is 55.8 Å². The van der Waals surface area contributed by atoms with Gasteiger partial charge in [-0.15, -0.1) is 0 Å². The van der Waals surface area contributed by atoms with Crippen LogP contribution in [0.1, 0.15) is 35.6 Å². The first-order valence-corrected chi connectivity index (χ1v) is 10.9. The summed E-state index contributed by atoms with van der Waals surface area (Å²) in [5, 5.41) is 11.9. The number of phenols is 1. The maximum Gasteiger partial charge on any atom is 0.216 e. The average Bonchev–Trinajstić information content (AvgIpc) is 2.75. The zero-order chi connectivity index (χ0) is 21.3. The fourth-order valence-corrected chi connectivity index (χ4v) is 4.76. The summed E-state index contributed by atoms with van der Waals surface area (Å²) in [4.78, 5) is 8.30. The molecule has 0 spiro atoms. The Morgan fingerprint density at radius 3 is 2.53 bits per heavy atom. The molecule has 30 heavy (non-hydrogen) atoms. The number of piperazine rings is 1. The Hall–Kier alpha value is -2.08. The van der Waals surface area contributed by atoms with Crippen LogP contribution in [-0.4, -0.2) is 46.1 Å². The summed E-state index contributed by atoms with van der Waals surface area (Å²) in [6, 6.07) is 8.83. The number of benzene rings is 1. The highest BCUT2D eigenvalue weighted by Gasteiger charge is 2.31. The van der Waals surface area contributed by atoms with Gasteiger partial charge in [0.05, 0.1) is 16.8 Å². The molecule has 1 atom stereocenters. The quantitative estimate of drug-likeness (QED) is 0.644. The van der Waals surface area contributed by atoms with Gasteiger partial charge >= 0.3 is 0 Å². The molecule has 7 heteroatoms. The Morgan fingerprint density at radius 2 is 1.80 bits per heavy atom. The minimum absolute atomic E-state index is 0.203. The second-order valence-electron chi connectivity index (χ2n) is 7.65. The lowest BCUT2D eigenvalue weighted by Gasteiger charge is -2.42. The van der Waals surface area contributed by atoms with E-state index >= 15 is 0 Å². The molecule has 4 nitrogen and oxygen atoms in total. The van der Waals surface area contributed by atoms with Crippen molar-refractivity contribution < 1.29 is 9.50 Å². The van der Waals surface area contributed by atoms with Crippen molar-refractivity contribution in [3.05, 3.63) is 81.0 Å². The lowest BCUT2D eigenvalue weighted by Crippen LogP contribution is -2.47. The van der Waals surface area contributed by atoms with E-state index in [1.165, 1.54) is 6.20 Å². The van der Waals surface area contributed by atoms with Gasteiger partial charge in [0.1, 0.15) is 5.75 Å². The van der Waals surface area contributed by atoms with Gasteiger partial charge in [-0.1, -0.05) is 47.5 Å². The third-order valence-corrected chi connectivity index (χ3v) is 6.79. The largest absolute Gasteiger partial charge is 0.508 e. The van der Waals surface area contributed by atoms with Gasteiger partial charge in [-0.05, 0) is 37.5 Å². The number of hydrogen-bond acceptors (Lipinski definition) is 4. The molecule has 4 rings (SSSR count). The molecule has 1 N–H and O–H groups in total. The predicted octanol–water partition coefficient (Wildman–Crippen LogP) is 5.31. The molecule has 1 aliphatic heterocycles. The highest BCUT2D eigenvalue weighted by molar-refractivity contribution is 6.40. The number of pyridine rings is 1. The second-order valence-corrected chi connectivity index (χ2v) is 8.48. The van der Waals surface area contributed by atoms with Crippen LogP contribution in [0.15, 0.2) is 58.4 Å². The molecule has 1 unspecified atom stereocenters. The van der Waals surface area contributed by atoms with Crippen molar-refractivity contribution in [1.29, 1.82) is 0 Å². The van der Waals surface area contributed by atoms with Crippen LogP contribution in [0.5, 0.6) is 5.75 Å². The van der Waals surface area contributed by atoms with E-state index in [1.54, 1.807) is 19.1 Å². The Kier molecular flexibility index (Phi) is 6.32. The summed E-state index contributed by atoms with van der Waals surface area (Å²) in [7, 11) is 0. The van der Waals surface area contributed by atoms with Crippen molar-refractivity contribution >= 4 is 23.2 Å². The minimum Gasteiger partial charge on any atom is -0.508 e. The SMILES string of the molecule is Cc1c(C(c2ccccc2O)N2CCN(C3=CCCC(Cl)=C3Cl)CC2)ccnc1F. The third-order valence-electron chi connectivity index (χ3n) is 5.90. The molecule has 0 bridgehead atoms. The fraction of sp³-hybridized carbons (Fsp3) is 0.348. The van der Waals surface area contributed by atoms with Crippen LogP contribution in [0.4, 0.5) is 4.39 Å². The number of nitrogens with zero attached hydrogens (tertiary/aromatic N) is 3. The molecule has 1 fully saturated rings. The summed E-state index contributed by atoms with van der Waals surface area (Å²) < 4.78 is 14.3. The standard InChI is InChI=1S/C23H24Cl2FN3O/c1-15-16(9-10-27-23(15)26)22(17-5-2-3-8-20(17)30)29-13-11-28(12-14-29)19-7-4-6-18(24)21(19)25/h2-3,5,7-10,22,30H,4,6,11-14H2,1H3. The van der Waals surface area contributed by atoms with Crippen molar-refractivity contribution in [2.75, 3.05) is 26.2 Å². The van der Waals surface area contributed by atoms with E-state index < -0.39 is 5.95 Å². The Bertz CT molecular complexity index is 1000. The van der Waals surface area contributed by atoms with E-state index in [0.29, 0.717) is 15.6 Å². The Labute approximate surface area is 186 Å². The maximum atomic E-state index is 14.3. The lowest BCUT2D eigenvalue weighted by atomic mass is 9.93. The second kappa shape index (κ2) is 8.96. The van der Waals surface area contributed by atoms with Crippen LogP contribution in [0.3, 0.4) is 0 Å². The summed E-state index contributed by atoms with van der Waals surface area (Å²) in [6.45, 7) is 4.75. The topological polar surface area (TPSA) is 39.6 Å². The molecule has 2 aliphatic rings. The van der Waals surface area contributed by atoms with Crippen LogP contribution in [0, 0.1) is 12.9 Å². The first kappa shape index (κ1) is 21.2. The van der Waals surface area contributed by atoms with Crippen LogP contribution < -0.4 is 0 Å². The highest BCUT2D eigenvalue weighted by atomic mass is 35.5. The van der Waals surface area contributed by atoms with E-state index in [1.807, 2.05) is 18.2 Å². The average molecular weight is 448 g/mol. The summed E-state index contributed by atoms with van der Waals surface area (Å²) in [6.07, 6.45) is 5.31. The number of para-hydroxylation sites is 1. The summed E-state index contributed by atoms with van der Waals surface area (Å²) in [5.41, 5.74) is 3.08. The fourth-order valence-electron chi connectivity index (χ4n) is 4.26. The number of allylic oxidation sites excluding steroid dienone is 3. The zero-order valence-corrected chi connectivity index (χ0v) is 18.3. The van der Waals surface area contributed by atoms with Gasteiger partial charge in [0, 0.05) is 48.5 Å². The molecule has 158 valence electrons. The third kappa shape index (κ3) is 4.07. The van der Waals surface area contributed by atoms with Crippen molar-refractivity contribution in [1.82, 2.24) is 14.8 Å². The smallest absolute Gasteiger partial charge is 0.216 e. The number of hydrogen-bond donors (Lipinski definition) is 1. The Morgan fingerprint density at radius 1 is 1.07 bits per heavy atom. The van der Waals surface area contributed by atoms with Crippen molar-refractivity contribution in [2.45, 2.75) is 25.8 Å². The monoisotopic (exact) mass is 447 g/mol. The van der Waals surface area contributed by atoms with Crippen LogP contribution in [-0.2, 0) is 0 Å². The predicted molar refractivity (Wildman–Crippen MR) is 118 cm³/mol. The molecular formula is C23H24Cl2FN3O. The molecule has 2 aromatic rings. The number of rotatable bonds is 4.